The summed E-state index contributed by atoms with van der Waals surface area (Å²) in [5, 5.41) is 0.702. The molecule has 2 aromatic heterocycles. The average Bonchev–Trinajstić information content (AvgIpc) is 2.77. The van der Waals surface area contributed by atoms with Crippen molar-refractivity contribution in [2.45, 2.75) is 58.8 Å². The second-order valence-electron chi connectivity index (χ2n) is 8.82. The maximum atomic E-state index is 13.1. The Balaban J connectivity index is 1.97. The van der Waals surface area contributed by atoms with Crippen molar-refractivity contribution in [2.75, 3.05) is 5.75 Å². The van der Waals surface area contributed by atoms with Crippen LogP contribution in [0, 0.1) is 12.8 Å². The van der Waals surface area contributed by atoms with E-state index in [0.29, 0.717) is 29.6 Å². The molecule has 0 atom stereocenters. The van der Waals surface area contributed by atoms with Crippen LogP contribution in [0.15, 0.2) is 44.9 Å². The average molecular weight is 470 g/mol. The highest BCUT2D eigenvalue weighted by Crippen LogP contribution is 2.24. The SMILES string of the molecule is Cc1nc(SCC(=O)N(Cc2ccccc2)C(C)C)c2c(=O)n(C)c(=O)n(CC(C)C)c2n1. The molecule has 0 saturated carbocycles. The van der Waals surface area contributed by atoms with E-state index in [4.69, 9.17) is 0 Å². The van der Waals surface area contributed by atoms with Crippen molar-refractivity contribution in [2.24, 2.45) is 13.0 Å². The van der Waals surface area contributed by atoms with Crippen molar-refractivity contribution in [3.63, 3.8) is 0 Å². The Kier molecular flexibility index (Phi) is 7.73. The number of aryl methyl sites for hydroxylation is 1. The van der Waals surface area contributed by atoms with Gasteiger partial charge in [-0.3, -0.25) is 18.7 Å². The van der Waals surface area contributed by atoms with E-state index >= 15 is 0 Å². The Labute approximate surface area is 197 Å². The van der Waals surface area contributed by atoms with Crippen LogP contribution in [0.1, 0.15) is 39.1 Å². The maximum Gasteiger partial charge on any atom is 0.332 e. The molecule has 0 aliphatic heterocycles. The van der Waals surface area contributed by atoms with Gasteiger partial charge in [0.15, 0.2) is 5.65 Å². The second kappa shape index (κ2) is 10.3. The summed E-state index contributed by atoms with van der Waals surface area (Å²) >= 11 is 1.21. The van der Waals surface area contributed by atoms with Crippen LogP contribution in [0.3, 0.4) is 0 Å². The zero-order chi connectivity index (χ0) is 24.3. The van der Waals surface area contributed by atoms with Crippen molar-refractivity contribution < 1.29 is 4.79 Å². The van der Waals surface area contributed by atoms with Gasteiger partial charge in [0.1, 0.15) is 16.2 Å². The predicted octanol–water partition coefficient (Wildman–Crippen LogP) is 2.98. The van der Waals surface area contributed by atoms with Crippen molar-refractivity contribution in [1.29, 1.82) is 0 Å². The lowest BCUT2D eigenvalue weighted by molar-refractivity contribution is -0.130. The lowest BCUT2D eigenvalue weighted by atomic mass is 10.2. The van der Waals surface area contributed by atoms with Crippen LogP contribution >= 0.6 is 11.8 Å². The van der Waals surface area contributed by atoms with Crippen molar-refractivity contribution in [3.05, 3.63) is 62.6 Å². The van der Waals surface area contributed by atoms with Crippen molar-refractivity contribution in [1.82, 2.24) is 24.0 Å². The molecule has 0 aliphatic carbocycles. The number of hydrogen-bond acceptors (Lipinski definition) is 6. The summed E-state index contributed by atoms with van der Waals surface area (Å²) < 4.78 is 2.61. The summed E-state index contributed by atoms with van der Waals surface area (Å²) in [4.78, 5) is 49.6. The van der Waals surface area contributed by atoms with Crippen LogP contribution in [0.25, 0.3) is 11.0 Å². The number of hydrogen-bond donors (Lipinski definition) is 0. The van der Waals surface area contributed by atoms with Gasteiger partial charge in [-0.2, -0.15) is 0 Å². The number of carbonyl (C=O) groups excluding carboxylic acids is 1. The van der Waals surface area contributed by atoms with Crippen LogP contribution in [-0.4, -0.2) is 41.7 Å². The first kappa shape index (κ1) is 24.7. The summed E-state index contributed by atoms with van der Waals surface area (Å²) in [6, 6.07) is 9.86. The Bertz CT molecular complexity index is 1270. The summed E-state index contributed by atoms with van der Waals surface area (Å²) in [7, 11) is 1.46. The van der Waals surface area contributed by atoms with Gasteiger partial charge in [-0.1, -0.05) is 55.9 Å². The zero-order valence-electron chi connectivity index (χ0n) is 20.0. The van der Waals surface area contributed by atoms with E-state index in [9.17, 15) is 14.4 Å². The van der Waals surface area contributed by atoms with Gasteiger partial charge in [0.2, 0.25) is 5.91 Å². The number of fused-ring (bicyclic) bond motifs is 1. The molecule has 0 saturated heterocycles. The van der Waals surface area contributed by atoms with Crippen molar-refractivity contribution in [3.8, 4) is 0 Å². The standard InChI is InChI=1S/C24H31N5O3S/c1-15(2)12-29-21-20(23(31)27(6)24(29)32)22(26-17(5)25-21)33-14-19(30)28(16(3)4)13-18-10-8-7-9-11-18/h7-11,15-16H,12-14H2,1-6H3. The molecule has 33 heavy (non-hydrogen) atoms. The van der Waals surface area contributed by atoms with E-state index in [-0.39, 0.29) is 29.0 Å². The first-order valence-electron chi connectivity index (χ1n) is 11.0. The van der Waals surface area contributed by atoms with Crippen LogP contribution in [-0.2, 0) is 24.9 Å². The maximum absolute atomic E-state index is 13.1. The molecule has 0 unspecified atom stereocenters. The van der Waals surface area contributed by atoms with Gasteiger partial charge < -0.3 is 4.90 Å². The van der Waals surface area contributed by atoms with Gasteiger partial charge in [-0.05, 0) is 32.3 Å². The quantitative estimate of drug-likeness (QED) is 0.372. The van der Waals surface area contributed by atoms with Crippen LogP contribution in [0.4, 0.5) is 0 Å². The van der Waals surface area contributed by atoms with E-state index < -0.39 is 11.2 Å². The fourth-order valence-corrected chi connectivity index (χ4v) is 4.57. The molecule has 1 amide bonds. The minimum Gasteiger partial charge on any atom is -0.335 e. The van der Waals surface area contributed by atoms with Gasteiger partial charge in [0, 0.05) is 26.2 Å². The first-order chi connectivity index (χ1) is 15.6. The molecule has 3 aromatic rings. The minimum atomic E-state index is -0.449. The highest BCUT2D eigenvalue weighted by Gasteiger charge is 2.22. The molecule has 1 aromatic carbocycles. The van der Waals surface area contributed by atoms with E-state index in [2.05, 4.69) is 9.97 Å². The van der Waals surface area contributed by atoms with Crippen LogP contribution in [0.2, 0.25) is 0 Å². The summed E-state index contributed by atoms with van der Waals surface area (Å²) in [6.45, 7) is 10.6. The highest BCUT2D eigenvalue weighted by atomic mass is 32.2. The number of aromatic nitrogens is 4. The highest BCUT2D eigenvalue weighted by molar-refractivity contribution is 8.00. The molecule has 0 radical (unpaired) electrons. The normalized spacial score (nSPS) is 11.5. The van der Waals surface area contributed by atoms with E-state index in [1.54, 1.807) is 6.92 Å². The molecular weight excluding hydrogens is 438 g/mol. The van der Waals surface area contributed by atoms with Crippen LogP contribution < -0.4 is 11.2 Å². The Morgan fingerprint density at radius 3 is 2.36 bits per heavy atom. The Hall–Kier alpha value is -2.94. The molecule has 9 heteroatoms. The number of rotatable bonds is 8. The number of benzene rings is 1. The number of nitrogens with zero attached hydrogens (tertiary/aromatic N) is 5. The monoisotopic (exact) mass is 469 g/mol. The smallest absolute Gasteiger partial charge is 0.332 e. The topological polar surface area (TPSA) is 90.1 Å². The molecule has 0 aliphatic rings. The predicted molar refractivity (Wildman–Crippen MR) is 131 cm³/mol. The molecule has 8 nitrogen and oxygen atoms in total. The fourth-order valence-electron chi connectivity index (χ4n) is 3.63. The second-order valence-corrected chi connectivity index (χ2v) is 9.78. The lowest BCUT2D eigenvalue weighted by Crippen LogP contribution is -2.40. The number of thioether (sulfide) groups is 1. The molecule has 176 valence electrons. The third-order valence-electron chi connectivity index (χ3n) is 5.28. The fraction of sp³-hybridized carbons (Fsp3) is 0.458. The first-order valence-corrected chi connectivity index (χ1v) is 12.0. The third-order valence-corrected chi connectivity index (χ3v) is 6.24. The van der Waals surface area contributed by atoms with Crippen LogP contribution in [0.5, 0.6) is 0 Å². The van der Waals surface area contributed by atoms with E-state index in [0.717, 1.165) is 10.1 Å². The minimum absolute atomic E-state index is 0.0197. The Morgan fingerprint density at radius 1 is 1.09 bits per heavy atom. The molecule has 0 fully saturated rings. The van der Waals surface area contributed by atoms with Gasteiger partial charge in [0.25, 0.3) is 5.56 Å². The third kappa shape index (κ3) is 5.52. The zero-order valence-corrected chi connectivity index (χ0v) is 20.8. The number of amides is 1. The molecule has 0 N–H and O–H groups in total. The summed E-state index contributed by atoms with van der Waals surface area (Å²) in [6.07, 6.45) is 0. The molecule has 3 rings (SSSR count). The van der Waals surface area contributed by atoms with Gasteiger partial charge >= 0.3 is 5.69 Å². The van der Waals surface area contributed by atoms with E-state index in [1.165, 1.54) is 23.4 Å². The van der Waals surface area contributed by atoms with Gasteiger partial charge in [-0.25, -0.2) is 14.8 Å². The Morgan fingerprint density at radius 2 is 1.76 bits per heavy atom. The molecule has 0 spiro atoms. The largest absolute Gasteiger partial charge is 0.335 e. The van der Waals surface area contributed by atoms with Gasteiger partial charge in [-0.15, -0.1) is 0 Å². The molecule has 2 heterocycles. The summed E-state index contributed by atoms with van der Waals surface area (Å²) in [5.41, 5.74) is 0.527. The van der Waals surface area contributed by atoms with E-state index in [1.807, 2.05) is 62.9 Å². The molecule has 0 bridgehead atoms. The molecular formula is C24H31N5O3S. The van der Waals surface area contributed by atoms with Crippen molar-refractivity contribution >= 4 is 28.7 Å². The van der Waals surface area contributed by atoms with Gasteiger partial charge in [0.05, 0.1) is 5.75 Å². The number of carbonyl (C=O) groups is 1. The summed E-state index contributed by atoms with van der Waals surface area (Å²) in [5.74, 6) is 0.723. The lowest BCUT2D eigenvalue weighted by Gasteiger charge is -2.27.